The second kappa shape index (κ2) is 10.1. The highest BCUT2D eigenvalue weighted by Crippen LogP contribution is 2.25. The van der Waals surface area contributed by atoms with Crippen molar-refractivity contribution in [2.75, 3.05) is 0 Å². The molecule has 3 N–H and O–H groups in total. The minimum atomic E-state index is -0.442. The Balaban J connectivity index is 1.21. The van der Waals surface area contributed by atoms with Gasteiger partial charge in [-0.05, 0) is 59.7 Å². The number of amides is 1. The van der Waals surface area contributed by atoms with Crippen molar-refractivity contribution < 1.29 is 14.6 Å². The normalized spacial score (nSPS) is 11.1. The molecule has 36 heavy (non-hydrogen) atoms. The number of fused-ring (bicyclic) bond motifs is 1. The molecule has 0 saturated carbocycles. The number of carbonyl (C=O) groups is 1. The van der Waals surface area contributed by atoms with Crippen LogP contribution in [-0.2, 0) is 6.61 Å². The summed E-state index contributed by atoms with van der Waals surface area (Å²) >= 11 is 0. The van der Waals surface area contributed by atoms with Gasteiger partial charge < -0.3 is 9.84 Å². The fourth-order valence-corrected chi connectivity index (χ4v) is 3.79. The van der Waals surface area contributed by atoms with E-state index < -0.39 is 5.91 Å². The zero-order valence-electron chi connectivity index (χ0n) is 19.6. The molecule has 7 nitrogen and oxygen atoms in total. The van der Waals surface area contributed by atoms with Gasteiger partial charge in [-0.25, -0.2) is 5.43 Å². The minimum absolute atomic E-state index is 0.0850. The van der Waals surface area contributed by atoms with Gasteiger partial charge in [-0.2, -0.15) is 10.2 Å². The molecule has 1 aromatic heterocycles. The molecule has 5 rings (SSSR count). The first-order valence-electron chi connectivity index (χ1n) is 11.4. The van der Waals surface area contributed by atoms with Crippen molar-refractivity contribution in [3.63, 3.8) is 0 Å². The van der Waals surface area contributed by atoms with Gasteiger partial charge in [-0.15, -0.1) is 0 Å². The fourth-order valence-electron chi connectivity index (χ4n) is 3.79. The fraction of sp³-hybridized carbons (Fsp3) is 0.0690. The largest absolute Gasteiger partial charge is 0.507 e. The molecule has 5 aromatic rings. The number of aromatic nitrogens is 2. The van der Waals surface area contributed by atoms with Gasteiger partial charge in [0, 0.05) is 11.1 Å². The van der Waals surface area contributed by atoms with Gasteiger partial charge in [0.25, 0.3) is 5.91 Å². The average Bonchev–Trinajstić information content (AvgIpc) is 3.40. The number of aromatic hydroxyl groups is 1. The van der Waals surface area contributed by atoms with Gasteiger partial charge in [0.2, 0.25) is 0 Å². The molecule has 4 aromatic carbocycles. The Morgan fingerprint density at radius 1 is 1.03 bits per heavy atom. The molecule has 0 saturated heterocycles. The van der Waals surface area contributed by atoms with Crippen LogP contribution in [0.1, 0.15) is 27.2 Å². The highest BCUT2D eigenvalue weighted by molar-refractivity contribution is 6.03. The van der Waals surface area contributed by atoms with Crippen LogP contribution in [0.5, 0.6) is 11.5 Å². The van der Waals surface area contributed by atoms with Crippen LogP contribution < -0.4 is 10.2 Å². The van der Waals surface area contributed by atoms with E-state index in [0.717, 1.165) is 27.6 Å². The number of H-pyrrole nitrogens is 1. The average molecular weight is 477 g/mol. The molecule has 0 spiro atoms. The maximum atomic E-state index is 12.5. The van der Waals surface area contributed by atoms with E-state index in [9.17, 15) is 9.90 Å². The number of ether oxygens (including phenoxy) is 1. The summed E-state index contributed by atoms with van der Waals surface area (Å²) in [5.74, 6) is 0.392. The van der Waals surface area contributed by atoms with Gasteiger partial charge in [-0.3, -0.25) is 9.89 Å². The van der Waals surface area contributed by atoms with E-state index in [1.54, 1.807) is 12.1 Å². The molecule has 0 fully saturated rings. The van der Waals surface area contributed by atoms with E-state index in [-0.39, 0.29) is 11.4 Å². The zero-order valence-corrected chi connectivity index (χ0v) is 19.6. The summed E-state index contributed by atoms with van der Waals surface area (Å²) in [6.07, 6.45) is 1.43. The van der Waals surface area contributed by atoms with Gasteiger partial charge in [-0.1, -0.05) is 60.2 Å². The predicted octanol–water partition coefficient (Wildman–Crippen LogP) is 5.59. The highest BCUT2D eigenvalue weighted by atomic mass is 16.5. The summed E-state index contributed by atoms with van der Waals surface area (Å²) in [5, 5.41) is 23.0. The monoisotopic (exact) mass is 476 g/mol. The van der Waals surface area contributed by atoms with Crippen molar-refractivity contribution in [1.82, 2.24) is 15.6 Å². The quantitative estimate of drug-likeness (QED) is 0.211. The summed E-state index contributed by atoms with van der Waals surface area (Å²) in [6.45, 7) is 2.54. The van der Waals surface area contributed by atoms with Crippen molar-refractivity contribution in [2.24, 2.45) is 5.10 Å². The first-order valence-corrected chi connectivity index (χ1v) is 11.4. The van der Waals surface area contributed by atoms with E-state index in [1.807, 2.05) is 54.6 Å². The summed E-state index contributed by atoms with van der Waals surface area (Å²) in [6, 6.07) is 28.5. The first kappa shape index (κ1) is 22.9. The molecule has 0 aliphatic heterocycles. The number of hydrazone groups is 1. The predicted molar refractivity (Wildman–Crippen MR) is 140 cm³/mol. The van der Waals surface area contributed by atoms with Crippen LogP contribution in [0.4, 0.5) is 0 Å². The van der Waals surface area contributed by atoms with E-state index in [4.69, 9.17) is 4.74 Å². The molecule has 1 amide bonds. The molecule has 0 bridgehead atoms. The number of hydrogen-bond donors (Lipinski definition) is 3. The van der Waals surface area contributed by atoms with Crippen molar-refractivity contribution in [2.45, 2.75) is 13.5 Å². The number of rotatable bonds is 7. The van der Waals surface area contributed by atoms with Crippen LogP contribution in [0.2, 0.25) is 0 Å². The zero-order chi connectivity index (χ0) is 24.9. The summed E-state index contributed by atoms with van der Waals surface area (Å²) in [4.78, 5) is 12.5. The van der Waals surface area contributed by atoms with Gasteiger partial charge in [0.15, 0.2) is 0 Å². The maximum Gasteiger partial charge on any atom is 0.289 e. The Kier molecular flexibility index (Phi) is 6.44. The molecule has 7 heteroatoms. The maximum absolute atomic E-state index is 12.5. The van der Waals surface area contributed by atoms with Gasteiger partial charge in [0.1, 0.15) is 23.8 Å². The summed E-state index contributed by atoms with van der Waals surface area (Å²) in [7, 11) is 0. The lowest BCUT2D eigenvalue weighted by Crippen LogP contribution is -2.18. The molecule has 0 unspecified atom stereocenters. The first-order chi connectivity index (χ1) is 17.6. The van der Waals surface area contributed by atoms with Crippen LogP contribution in [-0.4, -0.2) is 27.4 Å². The van der Waals surface area contributed by atoms with Crippen molar-refractivity contribution in [3.8, 4) is 22.8 Å². The number of nitrogens with one attached hydrogen (secondary N) is 2. The summed E-state index contributed by atoms with van der Waals surface area (Å²) in [5.41, 5.74) is 7.06. The Labute approximate surface area is 208 Å². The number of nitrogens with zero attached hydrogens (tertiary/aromatic N) is 2. The molecule has 0 aliphatic carbocycles. The van der Waals surface area contributed by atoms with Crippen LogP contribution in [0, 0.1) is 6.92 Å². The van der Waals surface area contributed by atoms with Crippen molar-refractivity contribution >= 4 is 22.9 Å². The number of aromatic amines is 1. The number of phenolic OH excluding ortho intramolecular Hbond substituents is 1. The summed E-state index contributed by atoms with van der Waals surface area (Å²) < 4.78 is 5.86. The molecule has 0 atom stereocenters. The number of hydrogen-bond acceptors (Lipinski definition) is 5. The van der Waals surface area contributed by atoms with Gasteiger partial charge in [0.05, 0.1) is 11.9 Å². The third-order valence-electron chi connectivity index (χ3n) is 5.81. The topological polar surface area (TPSA) is 99.6 Å². The van der Waals surface area contributed by atoms with Crippen molar-refractivity contribution in [3.05, 3.63) is 113 Å². The highest BCUT2D eigenvalue weighted by Gasteiger charge is 2.11. The molecular weight excluding hydrogens is 452 g/mol. The lowest BCUT2D eigenvalue weighted by molar-refractivity contribution is 0.0950. The third kappa shape index (κ3) is 5.10. The minimum Gasteiger partial charge on any atom is -0.507 e. The Bertz CT molecular complexity index is 1540. The van der Waals surface area contributed by atoms with Crippen LogP contribution >= 0.6 is 0 Å². The standard InChI is InChI=1S/C29H24N4O3/c1-19-6-8-20(9-7-19)18-36-23-13-10-22(11-14-23)26-16-27(32-31-26)29(35)33-30-17-25-24-5-3-2-4-21(24)12-15-28(25)34/h2-17,34H,18H2,1H3,(H,31,32)(H,33,35)/b30-17+. The molecule has 0 aliphatic rings. The molecule has 178 valence electrons. The van der Waals surface area contributed by atoms with Crippen molar-refractivity contribution in [1.29, 1.82) is 0 Å². The number of benzene rings is 4. The molecule has 0 radical (unpaired) electrons. The molecule has 1 heterocycles. The Morgan fingerprint density at radius 2 is 1.81 bits per heavy atom. The van der Waals surface area contributed by atoms with E-state index in [0.29, 0.717) is 17.9 Å². The van der Waals surface area contributed by atoms with E-state index >= 15 is 0 Å². The SMILES string of the molecule is Cc1ccc(COc2ccc(-c3cc(C(=O)N/N=C/c4c(O)ccc5ccccc45)[nH]n3)cc2)cc1. The smallest absolute Gasteiger partial charge is 0.289 e. The van der Waals surface area contributed by atoms with Crippen LogP contribution in [0.15, 0.2) is 96.1 Å². The van der Waals surface area contributed by atoms with Crippen LogP contribution in [0.3, 0.4) is 0 Å². The second-order valence-corrected chi connectivity index (χ2v) is 8.38. The Morgan fingerprint density at radius 3 is 2.61 bits per heavy atom. The lowest BCUT2D eigenvalue weighted by Gasteiger charge is -2.07. The third-order valence-corrected chi connectivity index (χ3v) is 5.81. The second-order valence-electron chi connectivity index (χ2n) is 8.38. The number of carbonyl (C=O) groups excluding carboxylic acids is 1. The van der Waals surface area contributed by atoms with Crippen LogP contribution in [0.25, 0.3) is 22.0 Å². The number of aryl methyl sites for hydroxylation is 1. The van der Waals surface area contributed by atoms with E-state index in [2.05, 4.69) is 51.9 Å². The van der Waals surface area contributed by atoms with E-state index in [1.165, 1.54) is 11.8 Å². The molecular formula is C29H24N4O3. The van der Waals surface area contributed by atoms with Gasteiger partial charge >= 0.3 is 0 Å². The lowest BCUT2D eigenvalue weighted by atomic mass is 10.0. The number of phenols is 1. The Hall–Kier alpha value is -4.91.